The third-order valence-electron chi connectivity index (χ3n) is 4.03. The molecule has 2 saturated heterocycles. The van der Waals surface area contributed by atoms with Gasteiger partial charge in [-0.25, -0.2) is 0 Å². The van der Waals surface area contributed by atoms with Gasteiger partial charge in [-0.05, 0) is 59.5 Å². The maximum Gasteiger partial charge on any atom is 0.176 e. The molecule has 0 saturated carbocycles. The third kappa shape index (κ3) is 2.80. The highest BCUT2D eigenvalue weighted by atomic mass is 79.9. The summed E-state index contributed by atoms with van der Waals surface area (Å²) in [4.78, 5) is 13.5. The van der Waals surface area contributed by atoms with E-state index in [1.807, 2.05) is 24.8 Å². The summed E-state index contributed by atoms with van der Waals surface area (Å²) >= 11 is 7.03. The van der Waals surface area contributed by atoms with Gasteiger partial charge in [-0.1, -0.05) is 0 Å². The van der Waals surface area contributed by atoms with Crippen molar-refractivity contribution in [3.8, 4) is 0 Å². The van der Waals surface area contributed by atoms with Gasteiger partial charge in [0.2, 0.25) is 0 Å². The first-order valence-electron chi connectivity index (χ1n) is 6.61. The van der Waals surface area contributed by atoms with E-state index in [1.54, 1.807) is 11.3 Å². The highest BCUT2D eigenvalue weighted by molar-refractivity contribution is 9.11. The summed E-state index contributed by atoms with van der Waals surface area (Å²) in [6, 6.07) is 2.02. The normalized spacial score (nSPS) is 30.9. The lowest BCUT2D eigenvalue weighted by molar-refractivity contribution is -0.0734. The van der Waals surface area contributed by atoms with Crippen LogP contribution in [0.25, 0.3) is 0 Å². The number of thiophene rings is 1. The summed E-state index contributed by atoms with van der Waals surface area (Å²) in [5.74, 6) is 2.70. The number of ether oxygens (including phenoxy) is 1. The Bertz CT molecular complexity index is 472. The second-order valence-corrected chi connectivity index (χ2v) is 8.93. The lowest BCUT2D eigenvalue weighted by Gasteiger charge is -2.37. The summed E-state index contributed by atoms with van der Waals surface area (Å²) in [6.45, 7) is 2.78. The summed E-state index contributed by atoms with van der Waals surface area (Å²) in [5, 5.41) is 0. The first-order valence-corrected chi connectivity index (χ1v) is 9.38. The van der Waals surface area contributed by atoms with Crippen LogP contribution in [0, 0.1) is 12.8 Å². The SMILES string of the molecule is Cc1cc(C(=O)C2CCOC3(CCSC3)C2)sc1Br. The van der Waals surface area contributed by atoms with Gasteiger partial charge < -0.3 is 4.74 Å². The van der Waals surface area contributed by atoms with Gasteiger partial charge in [-0.3, -0.25) is 4.79 Å². The molecular formula is C14H17BrO2S2. The molecule has 0 aliphatic carbocycles. The fourth-order valence-corrected chi connectivity index (χ4v) is 5.83. The number of ketones is 1. The maximum atomic E-state index is 12.6. The molecule has 2 atom stereocenters. The van der Waals surface area contributed by atoms with Crippen LogP contribution in [0.2, 0.25) is 0 Å². The Morgan fingerprint density at radius 2 is 2.42 bits per heavy atom. The summed E-state index contributed by atoms with van der Waals surface area (Å²) in [5.41, 5.74) is 1.15. The Balaban J connectivity index is 1.76. The van der Waals surface area contributed by atoms with Crippen LogP contribution in [0.3, 0.4) is 0 Å². The lowest BCUT2D eigenvalue weighted by Crippen LogP contribution is -2.41. The van der Waals surface area contributed by atoms with Gasteiger partial charge in [0.1, 0.15) is 0 Å². The van der Waals surface area contributed by atoms with Crippen LogP contribution in [0.4, 0.5) is 0 Å². The third-order valence-corrected chi connectivity index (χ3v) is 7.41. The summed E-state index contributed by atoms with van der Waals surface area (Å²) in [6.07, 6.45) is 2.89. The fourth-order valence-electron chi connectivity index (χ4n) is 2.90. The Morgan fingerprint density at radius 1 is 1.58 bits per heavy atom. The molecule has 0 aromatic carbocycles. The quantitative estimate of drug-likeness (QED) is 0.735. The van der Waals surface area contributed by atoms with Crippen LogP contribution in [-0.2, 0) is 4.74 Å². The van der Waals surface area contributed by atoms with Crippen LogP contribution in [-0.4, -0.2) is 29.5 Å². The Morgan fingerprint density at radius 3 is 3.05 bits per heavy atom. The number of hydrogen-bond acceptors (Lipinski definition) is 4. The molecule has 0 bridgehead atoms. The Labute approximate surface area is 130 Å². The molecule has 0 amide bonds. The molecule has 3 rings (SSSR count). The van der Waals surface area contributed by atoms with Crippen molar-refractivity contribution in [1.29, 1.82) is 0 Å². The van der Waals surface area contributed by atoms with E-state index in [0.717, 1.165) is 45.8 Å². The van der Waals surface area contributed by atoms with E-state index in [2.05, 4.69) is 15.9 Å². The Hall–Kier alpha value is 0.160. The van der Waals surface area contributed by atoms with E-state index in [4.69, 9.17) is 4.74 Å². The van der Waals surface area contributed by atoms with Crippen molar-refractivity contribution < 1.29 is 9.53 Å². The van der Waals surface area contributed by atoms with Crippen LogP contribution in [0.5, 0.6) is 0 Å². The molecule has 19 heavy (non-hydrogen) atoms. The number of halogens is 1. The standard InChI is InChI=1S/C14H17BrO2S2/c1-9-6-11(19-13(9)15)12(16)10-2-4-17-14(7-10)3-5-18-8-14/h6,10H,2-5,7-8H2,1H3. The van der Waals surface area contributed by atoms with Crippen molar-refractivity contribution in [3.05, 3.63) is 20.3 Å². The van der Waals surface area contributed by atoms with Gasteiger partial charge in [0, 0.05) is 18.3 Å². The molecule has 2 aliphatic rings. The smallest absolute Gasteiger partial charge is 0.176 e. The van der Waals surface area contributed by atoms with Crippen LogP contribution in [0.1, 0.15) is 34.5 Å². The first-order chi connectivity index (χ1) is 9.10. The van der Waals surface area contributed by atoms with Crippen molar-refractivity contribution in [3.63, 3.8) is 0 Å². The van der Waals surface area contributed by atoms with Gasteiger partial charge in [-0.2, -0.15) is 11.8 Å². The fraction of sp³-hybridized carbons (Fsp3) is 0.643. The number of carbonyl (C=O) groups is 1. The average Bonchev–Trinajstić information content (AvgIpc) is 2.97. The largest absolute Gasteiger partial charge is 0.374 e. The van der Waals surface area contributed by atoms with Gasteiger partial charge in [0.15, 0.2) is 5.78 Å². The van der Waals surface area contributed by atoms with Crippen molar-refractivity contribution >= 4 is 44.8 Å². The van der Waals surface area contributed by atoms with E-state index >= 15 is 0 Å². The van der Waals surface area contributed by atoms with Crippen LogP contribution >= 0.6 is 39.0 Å². The van der Waals surface area contributed by atoms with Gasteiger partial charge in [0.25, 0.3) is 0 Å². The van der Waals surface area contributed by atoms with E-state index in [-0.39, 0.29) is 11.5 Å². The number of carbonyl (C=O) groups excluding carboxylic acids is 1. The van der Waals surface area contributed by atoms with Gasteiger partial charge in [-0.15, -0.1) is 11.3 Å². The maximum absolute atomic E-state index is 12.6. The molecule has 2 unspecified atom stereocenters. The summed E-state index contributed by atoms with van der Waals surface area (Å²) < 4.78 is 7.07. The molecule has 2 fully saturated rings. The monoisotopic (exact) mass is 360 g/mol. The molecule has 2 nitrogen and oxygen atoms in total. The van der Waals surface area contributed by atoms with Crippen molar-refractivity contribution in [2.24, 2.45) is 5.92 Å². The molecule has 3 heterocycles. The minimum Gasteiger partial charge on any atom is -0.374 e. The molecule has 104 valence electrons. The predicted molar refractivity (Wildman–Crippen MR) is 84.4 cm³/mol. The zero-order valence-electron chi connectivity index (χ0n) is 10.9. The molecule has 0 radical (unpaired) electrons. The number of rotatable bonds is 2. The molecule has 1 spiro atoms. The molecule has 0 N–H and O–H groups in total. The van der Waals surface area contributed by atoms with E-state index in [9.17, 15) is 4.79 Å². The topological polar surface area (TPSA) is 26.3 Å². The number of aryl methyl sites for hydroxylation is 1. The van der Waals surface area contributed by atoms with Crippen LogP contribution < -0.4 is 0 Å². The molecule has 2 aliphatic heterocycles. The number of hydrogen-bond donors (Lipinski definition) is 0. The molecule has 1 aromatic heterocycles. The molecule has 1 aromatic rings. The lowest BCUT2D eigenvalue weighted by atomic mass is 9.82. The molecule has 5 heteroatoms. The second-order valence-electron chi connectivity index (χ2n) is 5.46. The highest BCUT2D eigenvalue weighted by Gasteiger charge is 2.42. The number of Topliss-reactive ketones (excluding diaryl/α,β-unsaturated/α-hetero) is 1. The zero-order chi connectivity index (χ0) is 13.5. The van der Waals surface area contributed by atoms with E-state index in [0.29, 0.717) is 5.78 Å². The van der Waals surface area contributed by atoms with Gasteiger partial charge in [0.05, 0.1) is 14.3 Å². The van der Waals surface area contributed by atoms with Gasteiger partial charge >= 0.3 is 0 Å². The van der Waals surface area contributed by atoms with E-state index < -0.39 is 0 Å². The first kappa shape index (κ1) is 14.1. The van der Waals surface area contributed by atoms with Crippen molar-refractivity contribution in [2.45, 2.75) is 31.8 Å². The van der Waals surface area contributed by atoms with Crippen molar-refractivity contribution in [2.75, 3.05) is 18.1 Å². The average molecular weight is 361 g/mol. The van der Waals surface area contributed by atoms with E-state index in [1.165, 1.54) is 5.75 Å². The zero-order valence-corrected chi connectivity index (χ0v) is 14.1. The second kappa shape index (κ2) is 5.51. The Kier molecular flexibility index (Phi) is 4.09. The minimum absolute atomic E-state index is 0.00716. The van der Waals surface area contributed by atoms with Crippen molar-refractivity contribution in [1.82, 2.24) is 0 Å². The van der Waals surface area contributed by atoms with Crippen LogP contribution in [0.15, 0.2) is 9.85 Å². The highest BCUT2D eigenvalue weighted by Crippen LogP contribution is 2.42. The summed E-state index contributed by atoms with van der Waals surface area (Å²) in [7, 11) is 0. The predicted octanol–water partition coefficient (Wildman–Crippen LogP) is 4.30. The molecular weight excluding hydrogens is 344 g/mol. The minimum atomic E-state index is -0.00716. The number of thioether (sulfide) groups is 1.